The second-order valence-electron chi connectivity index (χ2n) is 4.85. The van der Waals surface area contributed by atoms with Crippen LogP contribution in [0.4, 0.5) is 0 Å². The highest BCUT2D eigenvalue weighted by Crippen LogP contribution is 2.35. The maximum atomic E-state index is 10.1. The highest BCUT2D eigenvalue weighted by atomic mass is 16.4. The van der Waals surface area contributed by atoms with Crippen molar-refractivity contribution in [3.05, 3.63) is 47.5 Å². The summed E-state index contributed by atoms with van der Waals surface area (Å²) in [6, 6.07) is 10.6. The van der Waals surface area contributed by atoms with Crippen LogP contribution in [0.15, 0.2) is 40.8 Å². The van der Waals surface area contributed by atoms with E-state index < -0.39 is 0 Å². The van der Waals surface area contributed by atoms with Gasteiger partial charge in [-0.2, -0.15) is 0 Å². The first-order valence-electron chi connectivity index (χ1n) is 6.49. The summed E-state index contributed by atoms with van der Waals surface area (Å²) in [7, 11) is 0. The number of benzene rings is 2. The Morgan fingerprint density at radius 3 is 1.62 bits per heavy atom. The Bertz CT molecular complexity index is 743. The predicted molar refractivity (Wildman–Crippen MR) is 78.0 cm³/mol. The molecule has 0 bridgehead atoms. The third-order valence-corrected chi connectivity index (χ3v) is 3.36. The first-order valence-corrected chi connectivity index (χ1v) is 6.49. The van der Waals surface area contributed by atoms with Gasteiger partial charge in [0.15, 0.2) is 0 Å². The number of aryl methyl sites for hydroxylation is 2. The van der Waals surface area contributed by atoms with Crippen molar-refractivity contribution in [2.75, 3.05) is 0 Å². The molecular formula is C16H14N2O3. The number of para-hydroxylation sites is 2. The van der Waals surface area contributed by atoms with E-state index in [1.165, 1.54) is 0 Å². The molecule has 0 unspecified atom stereocenters. The monoisotopic (exact) mass is 282 g/mol. The Morgan fingerprint density at radius 2 is 1.19 bits per heavy atom. The molecule has 1 aromatic heterocycles. The molecule has 0 aliphatic rings. The predicted octanol–water partition coefficient (Wildman–Crippen LogP) is 3.43. The molecule has 0 saturated carbocycles. The number of rotatable bonds is 2. The van der Waals surface area contributed by atoms with E-state index in [0.717, 1.165) is 11.1 Å². The normalized spacial score (nSPS) is 10.8. The topological polar surface area (TPSA) is 79.4 Å². The van der Waals surface area contributed by atoms with Gasteiger partial charge in [0.05, 0.1) is 11.1 Å². The molecule has 106 valence electrons. The zero-order chi connectivity index (χ0) is 15.0. The van der Waals surface area contributed by atoms with Crippen molar-refractivity contribution in [1.82, 2.24) is 10.2 Å². The van der Waals surface area contributed by atoms with Crippen LogP contribution in [0.5, 0.6) is 11.5 Å². The van der Waals surface area contributed by atoms with Crippen molar-refractivity contribution >= 4 is 0 Å². The number of aromatic hydroxyl groups is 2. The standard InChI is InChI=1S/C16H14N2O3/c1-9-5-3-7-11(13(9)19)15-17-18-16(21-15)12-8-4-6-10(2)14(12)20/h3-8,19-20H,1-2H3. The van der Waals surface area contributed by atoms with Gasteiger partial charge in [-0.1, -0.05) is 24.3 Å². The molecule has 2 N–H and O–H groups in total. The second-order valence-corrected chi connectivity index (χ2v) is 4.85. The summed E-state index contributed by atoms with van der Waals surface area (Å²) in [5.41, 5.74) is 2.40. The van der Waals surface area contributed by atoms with Crippen molar-refractivity contribution < 1.29 is 14.6 Å². The van der Waals surface area contributed by atoms with Crippen LogP contribution < -0.4 is 0 Å². The van der Waals surface area contributed by atoms with E-state index >= 15 is 0 Å². The number of phenols is 2. The third-order valence-electron chi connectivity index (χ3n) is 3.36. The number of hydrogen-bond acceptors (Lipinski definition) is 5. The quantitative estimate of drug-likeness (QED) is 0.752. The Hall–Kier alpha value is -2.82. The van der Waals surface area contributed by atoms with Crippen LogP contribution in [0.2, 0.25) is 0 Å². The van der Waals surface area contributed by atoms with Crippen LogP contribution in [0, 0.1) is 13.8 Å². The molecule has 0 aliphatic heterocycles. The van der Waals surface area contributed by atoms with Crippen molar-refractivity contribution in [3.63, 3.8) is 0 Å². The van der Waals surface area contributed by atoms with Crippen LogP contribution in [0.25, 0.3) is 22.9 Å². The Balaban J connectivity index is 2.08. The molecule has 2 aromatic carbocycles. The van der Waals surface area contributed by atoms with Crippen LogP contribution in [-0.2, 0) is 0 Å². The van der Waals surface area contributed by atoms with E-state index in [0.29, 0.717) is 11.1 Å². The molecule has 5 heteroatoms. The minimum absolute atomic E-state index is 0.112. The van der Waals surface area contributed by atoms with Crippen molar-refractivity contribution in [2.45, 2.75) is 13.8 Å². The van der Waals surface area contributed by atoms with Gasteiger partial charge in [-0.3, -0.25) is 0 Å². The second kappa shape index (κ2) is 4.94. The van der Waals surface area contributed by atoms with Gasteiger partial charge >= 0.3 is 0 Å². The first-order chi connectivity index (χ1) is 10.1. The van der Waals surface area contributed by atoms with E-state index in [4.69, 9.17) is 4.42 Å². The van der Waals surface area contributed by atoms with Crippen LogP contribution >= 0.6 is 0 Å². The summed E-state index contributed by atoms with van der Waals surface area (Å²) >= 11 is 0. The van der Waals surface area contributed by atoms with E-state index in [1.807, 2.05) is 0 Å². The maximum absolute atomic E-state index is 10.1. The zero-order valence-corrected chi connectivity index (χ0v) is 11.7. The number of nitrogens with zero attached hydrogens (tertiary/aromatic N) is 2. The van der Waals surface area contributed by atoms with Crippen molar-refractivity contribution in [3.8, 4) is 34.4 Å². The van der Waals surface area contributed by atoms with Gasteiger partial charge in [-0.25, -0.2) is 0 Å². The third kappa shape index (κ3) is 2.23. The van der Waals surface area contributed by atoms with Gasteiger partial charge < -0.3 is 14.6 Å². The van der Waals surface area contributed by atoms with Gasteiger partial charge in [-0.15, -0.1) is 10.2 Å². The molecule has 0 spiro atoms. The van der Waals surface area contributed by atoms with Crippen LogP contribution in [0.3, 0.4) is 0 Å². The summed E-state index contributed by atoms with van der Waals surface area (Å²) in [6.07, 6.45) is 0. The molecule has 1 heterocycles. The lowest BCUT2D eigenvalue weighted by atomic mass is 10.1. The fraction of sp³-hybridized carbons (Fsp3) is 0.125. The van der Waals surface area contributed by atoms with Gasteiger partial charge in [0.2, 0.25) is 0 Å². The smallest absolute Gasteiger partial charge is 0.251 e. The molecule has 0 saturated heterocycles. The number of aromatic nitrogens is 2. The fourth-order valence-corrected chi connectivity index (χ4v) is 2.10. The molecular weight excluding hydrogens is 268 g/mol. The number of phenolic OH excluding ortho intramolecular Hbond substituents is 2. The maximum Gasteiger partial charge on any atom is 0.251 e. The summed E-state index contributed by atoms with van der Waals surface area (Å²) in [5, 5.41) is 28.0. The average Bonchev–Trinajstić information content (AvgIpc) is 2.94. The SMILES string of the molecule is Cc1cccc(-c2nnc(-c3cccc(C)c3O)o2)c1O. The Kier molecular flexibility index (Phi) is 3.10. The summed E-state index contributed by atoms with van der Waals surface area (Å²) in [5.74, 6) is 0.654. The largest absolute Gasteiger partial charge is 0.507 e. The van der Waals surface area contributed by atoms with E-state index in [-0.39, 0.29) is 23.3 Å². The molecule has 0 aliphatic carbocycles. The summed E-state index contributed by atoms with van der Waals surface area (Å²) in [4.78, 5) is 0. The van der Waals surface area contributed by atoms with Gasteiger partial charge in [0, 0.05) is 0 Å². The van der Waals surface area contributed by atoms with E-state index in [1.54, 1.807) is 50.2 Å². The van der Waals surface area contributed by atoms with Gasteiger partial charge in [0.25, 0.3) is 11.8 Å². The number of hydrogen-bond donors (Lipinski definition) is 2. The molecule has 0 fully saturated rings. The lowest BCUT2D eigenvalue weighted by Crippen LogP contribution is -1.82. The van der Waals surface area contributed by atoms with Crippen molar-refractivity contribution in [2.24, 2.45) is 0 Å². The van der Waals surface area contributed by atoms with Gasteiger partial charge in [0.1, 0.15) is 11.5 Å². The molecule has 0 atom stereocenters. The summed E-state index contributed by atoms with van der Waals surface area (Å²) in [6.45, 7) is 3.59. The Labute approximate surface area is 121 Å². The fourth-order valence-electron chi connectivity index (χ4n) is 2.10. The van der Waals surface area contributed by atoms with Crippen molar-refractivity contribution in [1.29, 1.82) is 0 Å². The molecule has 0 amide bonds. The van der Waals surface area contributed by atoms with E-state index in [2.05, 4.69) is 10.2 Å². The highest BCUT2D eigenvalue weighted by molar-refractivity contribution is 5.68. The molecule has 3 aromatic rings. The average molecular weight is 282 g/mol. The summed E-state index contributed by atoms with van der Waals surface area (Å²) < 4.78 is 5.59. The lowest BCUT2D eigenvalue weighted by molar-refractivity contribution is 0.466. The lowest BCUT2D eigenvalue weighted by Gasteiger charge is -2.03. The van der Waals surface area contributed by atoms with Crippen LogP contribution in [0.1, 0.15) is 11.1 Å². The molecule has 21 heavy (non-hydrogen) atoms. The molecule has 3 rings (SSSR count). The minimum Gasteiger partial charge on any atom is -0.507 e. The highest BCUT2D eigenvalue weighted by Gasteiger charge is 2.17. The Morgan fingerprint density at radius 1 is 0.762 bits per heavy atom. The molecule has 0 radical (unpaired) electrons. The molecule has 5 nitrogen and oxygen atoms in total. The van der Waals surface area contributed by atoms with E-state index in [9.17, 15) is 10.2 Å². The van der Waals surface area contributed by atoms with Crippen LogP contribution in [-0.4, -0.2) is 20.4 Å². The zero-order valence-electron chi connectivity index (χ0n) is 11.7. The minimum atomic E-state index is 0.112. The first kappa shape index (κ1) is 13.2. The van der Waals surface area contributed by atoms with Gasteiger partial charge in [-0.05, 0) is 37.1 Å².